The van der Waals surface area contributed by atoms with Crippen molar-refractivity contribution in [3.63, 3.8) is 0 Å². The van der Waals surface area contributed by atoms with Gasteiger partial charge in [0.2, 0.25) is 0 Å². The van der Waals surface area contributed by atoms with Gasteiger partial charge in [-0.05, 0) is 30.2 Å². The van der Waals surface area contributed by atoms with Gasteiger partial charge in [0.1, 0.15) is 0 Å². The number of ether oxygens (including phenoxy) is 2. The fraction of sp³-hybridized carbons (Fsp3) is 0.278. The normalized spacial score (nSPS) is 11.1. The molecule has 0 atom stereocenters. The van der Waals surface area contributed by atoms with Gasteiger partial charge < -0.3 is 14.8 Å². The Kier molecular flexibility index (Phi) is 5.90. The molecular weight excluding hydrogens is 335 g/mol. The lowest BCUT2D eigenvalue weighted by Crippen LogP contribution is -2.26. The summed E-state index contributed by atoms with van der Waals surface area (Å²) in [5.74, 6) is 0.232. The van der Waals surface area contributed by atoms with Crippen LogP contribution in [0.5, 0.6) is 11.5 Å². The Balaban J connectivity index is 2.08. The number of carbonyl (C=O) groups excluding carboxylic acids is 1. The Morgan fingerprint density at radius 2 is 1.76 bits per heavy atom. The van der Waals surface area contributed by atoms with Crippen molar-refractivity contribution in [2.75, 3.05) is 20.8 Å². The van der Waals surface area contributed by atoms with Crippen molar-refractivity contribution < 1.29 is 27.4 Å². The zero-order chi connectivity index (χ0) is 18.4. The van der Waals surface area contributed by atoms with E-state index in [4.69, 9.17) is 9.47 Å². The summed E-state index contributed by atoms with van der Waals surface area (Å²) in [5, 5.41) is 2.61. The summed E-state index contributed by atoms with van der Waals surface area (Å²) in [6.07, 6.45) is -4.36. The largest absolute Gasteiger partial charge is 0.493 e. The first-order chi connectivity index (χ1) is 11.9. The fourth-order valence-electron chi connectivity index (χ4n) is 2.49. The molecule has 0 spiro atoms. The highest BCUT2D eigenvalue weighted by Crippen LogP contribution is 2.32. The van der Waals surface area contributed by atoms with Gasteiger partial charge >= 0.3 is 6.18 Å². The zero-order valence-corrected chi connectivity index (χ0v) is 13.8. The van der Waals surface area contributed by atoms with Gasteiger partial charge in [0.05, 0.1) is 25.3 Å². The standard InChI is InChI=1S/C18H18F3NO3/c1-24-15-9-5-7-13(16(15)25-2)17(23)22-11-10-12-6-3-4-8-14(12)18(19,20)21/h3-9H,10-11H2,1-2H3,(H,22,23). The van der Waals surface area contributed by atoms with Crippen LogP contribution in [0.15, 0.2) is 42.5 Å². The second kappa shape index (κ2) is 7.92. The maximum absolute atomic E-state index is 13.0. The molecule has 0 saturated heterocycles. The summed E-state index contributed by atoms with van der Waals surface area (Å²) < 4.78 is 49.2. The van der Waals surface area contributed by atoms with E-state index in [9.17, 15) is 18.0 Å². The average Bonchev–Trinajstić information content (AvgIpc) is 2.60. The predicted molar refractivity (Wildman–Crippen MR) is 87.0 cm³/mol. The van der Waals surface area contributed by atoms with Gasteiger partial charge in [-0.3, -0.25) is 4.79 Å². The molecule has 1 amide bonds. The Hall–Kier alpha value is -2.70. The molecule has 25 heavy (non-hydrogen) atoms. The fourth-order valence-corrected chi connectivity index (χ4v) is 2.49. The van der Waals surface area contributed by atoms with Gasteiger partial charge in [-0.2, -0.15) is 13.2 Å². The molecule has 7 heteroatoms. The van der Waals surface area contributed by atoms with E-state index in [1.165, 1.54) is 32.4 Å². The number of nitrogens with one attached hydrogen (secondary N) is 1. The van der Waals surface area contributed by atoms with Crippen LogP contribution in [0, 0.1) is 0 Å². The summed E-state index contributed by atoms with van der Waals surface area (Å²) in [6, 6.07) is 10.2. The Morgan fingerprint density at radius 1 is 1.04 bits per heavy atom. The third-order valence-electron chi connectivity index (χ3n) is 3.65. The summed E-state index contributed by atoms with van der Waals surface area (Å²) in [6.45, 7) is 0.0618. The number of carbonyl (C=O) groups is 1. The van der Waals surface area contributed by atoms with Gasteiger partial charge in [0, 0.05) is 6.54 Å². The summed E-state index contributed by atoms with van der Waals surface area (Å²) in [7, 11) is 2.86. The maximum atomic E-state index is 13.0. The molecule has 2 aromatic rings. The minimum absolute atomic E-state index is 0.0618. The van der Waals surface area contributed by atoms with Crippen molar-refractivity contribution in [2.24, 2.45) is 0 Å². The van der Waals surface area contributed by atoms with Gasteiger partial charge in [0.15, 0.2) is 11.5 Å². The molecule has 1 N–H and O–H groups in total. The lowest BCUT2D eigenvalue weighted by Gasteiger charge is -2.14. The van der Waals surface area contributed by atoms with Crippen LogP contribution in [0.2, 0.25) is 0 Å². The van der Waals surface area contributed by atoms with Crippen molar-refractivity contribution in [1.29, 1.82) is 0 Å². The summed E-state index contributed by atoms with van der Waals surface area (Å²) in [4.78, 5) is 12.3. The number of rotatable bonds is 6. The Bertz CT molecular complexity index is 745. The molecule has 2 aromatic carbocycles. The lowest BCUT2D eigenvalue weighted by molar-refractivity contribution is -0.138. The second-order valence-electron chi connectivity index (χ2n) is 5.20. The molecule has 0 saturated carbocycles. The molecular formula is C18H18F3NO3. The molecule has 0 aliphatic carbocycles. The Labute approximate surface area is 143 Å². The minimum atomic E-state index is -4.42. The van der Waals surface area contributed by atoms with Crippen LogP contribution in [0.4, 0.5) is 13.2 Å². The van der Waals surface area contributed by atoms with E-state index in [1.807, 2.05) is 0 Å². The van der Waals surface area contributed by atoms with E-state index in [2.05, 4.69) is 5.32 Å². The third kappa shape index (κ3) is 4.43. The first-order valence-electron chi connectivity index (χ1n) is 7.52. The highest BCUT2D eigenvalue weighted by atomic mass is 19.4. The first kappa shape index (κ1) is 18.6. The van der Waals surface area contributed by atoms with Gasteiger partial charge in [-0.25, -0.2) is 0 Å². The lowest BCUT2D eigenvalue weighted by atomic mass is 10.0. The van der Waals surface area contributed by atoms with Gasteiger partial charge in [-0.15, -0.1) is 0 Å². The van der Waals surface area contributed by atoms with E-state index in [-0.39, 0.29) is 29.8 Å². The summed E-state index contributed by atoms with van der Waals surface area (Å²) >= 11 is 0. The average molecular weight is 353 g/mol. The number of hydrogen-bond acceptors (Lipinski definition) is 3. The number of methoxy groups -OCH3 is 2. The van der Waals surface area contributed by atoms with Crippen LogP contribution in [0.1, 0.15) is 21.5 Å². The second-order valence-corrected chi connectivity index (χ2v) is 5.20. The van der Waals surface area contributed by atoms with Crippen LogP contribution >= 0.6 is 0 Å². The molecule has 0 unspecified atom stereocenters. The van der Waals surface area contributed by atoms with Crippen LogP contribution in [0.25, 0.3) is 0 Å². The third-order valence-corrected chi connectivity index (χ3v) is 3.65. The molecule has 134 valence electrons. The molecule has 0 aliphatic heterocycles. The van der Waals surface area contributed by atoms with E-state index >= 15 is 0 Å². The van der Waals surface area contributed by atoms with E-state index in [0.717, 1.165) is 6.07 Å². The van der Waals surface area contributed by atoms with Crippen molar-refractivity contribution >= 4 is 5.91 Å². The summed E-state index contributed by atoms with van der Waals surface area (Å²) in [5.41, 5.74) is -0.304. The smallest absolute Gasteiger partial charge is 0.416 e. The quantitative estimate of drug-likeness (QED) is 0.862. The molecule has 0 aromatic heterocycles. The topological polar surface area (TPSA) is 47.6 Å². The Morgan fingerprint density at radius 3 is 2.40 bits per heavy atom. The zero-order valence-electron chi connectivity index (χ0n) is 13.8. The molecule has 0 fully saturated rings. The number of halogens is 3. The first-order valence-corrected chi connectivity index (χ1v) is 7.52. The maximum Gasteiger partial charge on any atom is 0.416 e. The number of alkyl halides is 3. The number of benzene rings is 2. The van der Waals surface area contributed by atoms with Crippen molar-refractivity contribution in [3.05, 3.63) is 59.2 Å². The van der Waals surface area contributed by atoms with Crippen molar-refractivity contribution in [3.8, 4) is 11.5 Å². The number of amides is 1. The van der Waals surface area contributed by atoms with Crippen LogP contribution in [-0.2, 0) is 12.6 Å². The highest BCUT2D eigenvalue weighted by molar-refractivity contribution is 5.97. The molecule has 0 aliphatic rings. The van der Waals surface area contributed by atoms with Crippen molar-refractivity contribution in [2.45, 2.75) is 12.6 Å². The van der Waals surface area contributed by atoms with Gasteiger partial charge in [-0.1, -0.05) is 24.3 Å². The van der Waals surface area contributed by atoms with E-state index in [1.54, 1.807) is 18.2 Å². The molecule has 4 nitrogen and oxygen atoms in total. The predicted octanol–water partition coefficient (Wildman–Crippen LogP) is 3.70. The SMILES string of the molecule is COc1cccc(C(=O)NCCc2ccccc2C(F)(F)F)c1OC. The molecule has 0 radical (unpaired) electrons. The molecule has 2 rings (SSSR count). The van der Waals surface area contributed by atoms with E-state index < -0.39 is 17.6 Å². The molecule has 0 bridgehead atoms. The molecule has 0 heterocycles. The van der Waals surface area contributed by atoms with Crippen LogP contribution in [-0.4, -0.2) is 26.7 Å². The minimum Gasteiger partial charge on any atom is -0.493 e. The highest BCUT2D eigenvalue weighted by Gasteiger charge is 2.32. The van der Waals surface area contributed by atoms with Gasteiger partial charge in [0.25, 0.3) is 5.91 Å². The monoisotopic (exact) mass is 353 g/mol. The van der Waals surface area contributed by atoms with Crippen LogP contribution < -0.4 is 14.8 Å². The van der Waals surface area contributed by atoms with Crippen molar-refractivity contribution in [1.82, 2.24) is 5.32 Å². The number of para-hydroxylation sites is 1. The van der Waals surface area contributed by atoms with Crippen LogP contribution in [0.3, 0.4) is 0 Å². The van der Waals surface area contributed by atoms with E-state index in [0.29, 0.717) is 5.75 Å². The number of hydrogen-bond donors (Lipinski definition) is 1.